The van der Waals surface area contributed by atoms with Gasteiger partial charge in [-0.1, -0.05) is 13.8 Å². The van der Waals surface area contributed by atoms with Gasteiger partial charge in [0.05, 0.1) is 0 Å². The molecule has 0 heterocycles. The molecule has 0 aliphatic rings. The summed E-state index contributed by atoms with van der Waals surface area (Å²) in [6.07, 6.45) is 0.930. The summed E-state index contributed by atoms with van der Waals surface area (Å²) < 4.78 is 5.39. The van der Waals surface area contributed by atoms with E-state index < -0.39 is 0 Å². The van der Waals surface area contributed by atoms with Crippen LogP contribution in [-0.2, 0) is 4.74 Å². The van der Waals surface area contributed by atoms with Crippen molar-refractivity contribution in [3.8, 4) is 0 Å². The minimum atomic E-state index is -0.0863. The molecule has 0 saturated carbocycles. The number of hydrogen-bond donors (Lipinski definition) is 1. The smallest absolute Gasteiger partial charge is 0.0489 e. The Morgan fingerprint density at radius 3 is 2.27 bits per heavy atom. The van der Waals surface area contributed by atoms with Gasteiger partial charge in [-0.25, -0.2) is 0 Å². The van der Waals surface area contributed by atoms with Crippen LogP contribution in [0.2, 0.25) is 0 Å². The van der Waals surface area contributed by atoms with Crippen molar-refractivity contribution in [2.45, 2.75) is 39.7 Å². The van der Waals surface area contributed by atoms with Crippen LogP contribution < -0.4 is 5.73 Å². The second kappa shape index (κ2) is 4.73. The molecule has 2 nitrogen and oxygen atoms in total. The van der Waals surface area contributed by atoms with E-state index in [1.165, 1.54) is 0 Å². The molecule has 0 spiro atoms. The molecule has 0 unspecified atom stereocenters. The minimum absolute atomic E-state index is 0.0863. The predicted octanol–water partition coefficient (Wildman–Crippen LogP) is 1.79. The minimum Gasteiger partial charge on any atom is -0.381 e. The molecule has 0 aromatic rings. The molecule has 68 valence electrons. The van der Waals surface area contributed by atoms with Gasteiger partial charge in [-0.2, -0.15) is 0 Å². The van der Waals surface area contributed by atoms with Crippen LogP contribution in [-0.4, -0.2) is 18.8 Å². The molecule has 2 heteroatoms. The summed E-state index contributed by atoms with van der Waals surface area (Å²) in [5, 5.41) is 0. The Kier molecular flexibility index (Phi) is 4.69. The Morgan fingerprint density at radius 1 is 1.36 bits per heavy atom. The second-order valence-corrected chi connectivity index (χ2v) is 4.21. The van der Waals surface area contributed by atoms with Crippen LogP contribution in [0.4, 0.5) is 0 Å². The van der Waals surface area contributed by atoms with Gasteiger partial charge in [-0.05, 0) is 26.2 Å². The average molecular weight is 159 g/mol. The van der Waals surface area contributed by atoms with Gasteiger partial charge in [0, 0.05) is 18.8 Å². The lowest BCUT2D eigenvalue weighted by atomic mass is 10.0. The summed E-state index contributed by atoms with van der Waals surface area (Å²) >= 11 is 0. The van der Waals surface area contributed by atoms with Crippen LogP contribution in [0.3, 0.4) is 0 Å². The fourth-order valence-corrected chi connectivity index (χ4v) is 0.654. The molecule has 0 aliphatic carbocycles. The van der Waals surface area contributed by atoms with Gasteiger partial charge in [0.2, 0.25) is 0 Å². The molecule has 0 saturated heterocycles. The molecule has 0 bridgehead atoms. The van der Waals surface area contributed by atoms with Gasteiger partial charge in [0.1, 0.15) is 0 Å². The highest BCUT2D eigenvalue weighted by Gasteiger charge is 2.09. The van der Waals surface area contributed by atoms with Crippen molar-refractivity contribution in [1.82, 2.24) is 0 Å². The van der Waals surface area contributed by atoms with Crippen molar-refractivity contribution in [1.29, 1.82) is 0 Å². The maximum Gasteiger partial charge on any atom is 0.0489 e. The maximum absolute atomic E-state index is 5.77. The van der Waals surface area contributed by atoms with E-state index in [0.717, 1.165) is 19.6 Å². The van der Waals surface area contributed by atoms with E-state index in [4.69, 9.17) is 10.5 Å². The molecule has 0 amide bonds. The zero-order chi connectivity index (χ0) is 8.91. The fraction of sp³-hybridized carbons (Fsp3) is 1.00. The fourth-order valence-electron chi connectivity index (χ4n) is 0.654. The van der Waals surface area contributed by atoms with E-state index in [9.17, 15) is 0 Å². The third-order valence-electron chi connectivity index (χ3n) is 1.34. The van der Waals surface area contributed by atoms with Gasteiger partial charge in [0.15, 0.2) is 0 Å². The molecule has 0 aliphatic heterocycles. The summed E-state index contributed by atoms with van der Waals surface area (Å²) in [5.74, 6) is 0.621. The SMILES string of the molecule is CC(C)COCCC(C)(C)N. The quantitative estimate of drug-likeness (QED) is 0.621. The van der Waals surface area contributed by atoms with E-state index in [2.05, 4.69) is 13.8 Å². The van der Waals surface area contributed by atoms with Gasteiger partial charge in [0.25, 0.3) is 0 Å². The van der Waals surface area contributed by atoms with Crippen LogP contribution in [0, 0.1) is 5.92 Å². The Balaban J connectivity index is 3.15. The lowest BCUT2D eigenvalue weighted by Gasteiger charge is -2.18. The highest BCUT2D eigenvalue weighted by atomic mass is 16.5. The second-order valence-electron chi connectivity index (χ2n) is 4.21. The van der Waals surface area contributed by atoms with Crippen molar-refractivity contribution < 1.29 is 4.74 Å². The van der Waals surface area contributed by atoms with E-state index >= 15 is 0 Å². The monoisotopic (exact) mass is 159 g/mol. The van der Waals surface area contributed by atoms with Gasteiger partial charge < -0.3 is 10.5 Å². The third kappa shape index (κ3) is 9.92. The maximum atomic E-state index is 5.77. The summed E-state index contributed by atoms with van der Waals surface area (Å²) in [5.41, 5.74) is 5.69. The normalized spacial score (nSPS) is 12.5. The first-order valence-electron chi connectivity index (χ1n) is 4.28. The molecule has 0 rings (SSSR count). The standard InChI is InChI=1S/C9H21NO/c1-8(2)7-11-6-5-9(3,4)10/h8H,5-7,10H2,1-4H3. The Labute approximate surface area is 70.1 Å². The van der Waals surface area contributed by atoms with Crippen LogP contribution in [0.15, 0.2) is 0 Å². The number of hydrogen-bond acceptors (Lipinski definition) is 2. The van der Waals surface area contributed by atoms with Crippen molar-refractivity contribution in [3.05, 3.63) is 0 Å². The lowest BCUT2D eigenvalue weighted by molar-refractivity contribution is 0.0972. The van der Waals surface area contributed by atoms with E-state index in [-0.39, 0.29) is 5.54 Å². The molecular weight excluding hydrogens is 138 g/mol. The number of nitrogens with two attached hydrogens (primary N) is 1. The summed E-state index contributed by atoms with van der Waals surface area (Å²) in [7, 11) is 0. The number of rotatable bonds is 5. The van der Waals surface area contributed by atoms with Crippen molar-refractivity contribution >= 4 is 0 Å². The largest absolute Gasteiger partial charge is 0.381 e. The van der Waals surface area contributed by atoms with E-state index in [0.29, 0.717) is 5.92 Å². The van der Waals surface area contributed by atoms with Crippen LogP contribution in [0.5, 0.6) is 0 Å². The van der Waals surface area contributed by atoms with Gasteiger partial charge in [-0.3, -0.25) is 0 Å². The number of ether oxygens (including phenoxy) is 1. The van der Waals surface area contributed by atoms with Crippen LogP contribution in [0.25, 0.3) is 0 Å². The zero-order valence-electron chi connectivity index (χ0n) is 8.18. The highest BCUT2D eigenvalue weighted by molar-refractivity contribution is 4.70. The van der Waals surface area contributed by atoms with Crippen LogP contribution in [0.1, 0.15) is 34.1 Å². The third-order valence-corrected chi connectivity index (χ3v) is 1.34. The van der Waals surface area contributed by atoms with E-state index in [1.54, 1.807) is 0 Å². The van der Waals surface area contributed by atoms with E-state index in [1.807, 2.05) is 13.8 Å². The first-order valence-corrected chi connectivity index (χ1v) is 4.28. The van der Waals surface area contributed by atoms with Gasteiger partial charge in [-0.15, -0.1) is 0 Å². The summed E-state index contributed by atoms with van der Waals surface area (Å²) in [6, 6.07) is 0. The first kappa shape index (κ1) is 10.9. The molecule has 0 atom stereocenters. The summed E-state index contributed by atoms with van der Waals surface area (Å²) in [6.45, 7) is 9.95. The van der Waals surface area contributed by atoms with Crippen molar-refractivity contribution in [2.24, 2.45) is 11.7 Å². The highest BCUT2D eigenvalue weighted by Crippen LogP contribution is 2.03. The Hall–Kier alpha value is -0.0800. The Morgan fingerprint density at radius 2 is 1.91 bits per heavy atom. The summed E-state index contributed by atoms with van der Waals surface area (Å²) in [4.78, 5) is 0. The Bertz CT molecular complexity index is 94.2. The van der Waals surface area contributed by atoms with Gasteiger partial charge >= 0.3 is 0 Å². The predicted molar refractivity (Wildman–Crippen MR) is 48.5 cm³/mol. The van der Waals surface area contributed by atoms with Crippen LogP contribution >= 0.6 is 0 Å². The molecular formula is C9H21NO. The molecule has 0 aromatic carbocycles. The van der Waals surface area contributed by atoms with Crippen molar-refractivity contribution in [3.63, 3.8) is 0 Å². The molecule has 11 heavy (non-hydrogen) atoms. The zero-order valence-corrected chi connectivity index (χ0v) is 8.18. The molecule has 0 radical (unpaired) electrons. The topological polar surface area (TPSA) is 35.2 Å². The first-order chi connectivity index (χ1) is 4.92. The molecule has 0 fully saturated rings. The molecule has 0 aromatic heterocycles. The molecule has 2 N–H and O–H groups in total. The van der Waals surface area contributed by atoms with Crippen molar-refractivity contribution in [2.75, 3.05) is 13.2 Å². The lowest BCUT2D eigenvalue weighted by Crippen LogP contribution is -2.33. The average Bonchev–Trinajstić information content (AvgIpc) is 1.78.